The summed E-state index contributed by atoms with van der Waals surface area (Å²) in [6.45, 7) is 2.49. The van der Waals surface area contributed by atoms with E-state index in [4.69, 9.17) is 16.7 Å². The van der Waals surface area contributed by atoms with Gasteiger partial charge in [0, 0.05) is 30.4 Å². The van der Waals surface area contributed by atoms with E-state index in [0.29, 0.717) is 0 Å². The molecule has 0 atom stereocenters. The van der Waals surface area contributed by atoms with Crippen molar-refractivity contribution in [3.8, 4) is 0 Å². The van der Waals surface area contributed by atoms with Gasteiger partial charge < -0.3 is 10.0 Å². The molecular weight excluding hydrogens is 222 g/mol. The van der Waals surface area contributed by atoms with Crippen molar-refractivity contribution < 1.29 is 5.11 Å². The lowest BCUT2D eigenvalue weighted by Crippen LogP contribution is -2.19. The summed E-state index contributed by atoms with van der Waals surface area (Å²) < 4.78 is 0. The third-order valence-electron chi connectivity index (χ3n) is 3.13. The van der Waals surface area contributed by atoms with Crippen LogP contribution in [0.15, 0.2) is 18.2 Å². The largest absolute Gasteiger partial charge is 0.396 e. The number of rotatable bonds is 4. The highest BCUT2D eigenvalue weighted by atomic mass is 35.5. The molecule has 0 amide bonds. The second-order valence-corrected chi connectivity index (χ2v) is 4.67. The Kier molecular flexibility index (Phi) is 4.08. The number of hydrogen-bond acceptors (Lipinski definition) is 2. The lowest BCUT2D eigenvalue weighted by Gasteiger charge is -2.22. The van der Waals surface area contributed by atoms with Crippen LogP contribution in [0.3, 0.4) is 0 Å². The minimum absolute atomic E-state index is 0.227. The summed E-state index contributed by atoms with van der Waals surface area (Å²) in [5.41, 5.74) is 2.46. The molecule has 1 aromatic rings. The van der Waals surface area contributed by atoms with Gasteiger partial charge in [-0.15, -0.1) is 0 Å². The molecule has 16 heavy (non-hydrogen) atoms. The molecule has 1 N–H and O–H groups in total. The third kappa shape index (κ3) is 2.50. The van der Waals surface area contributed by atoms with Crippen molar-refractivity contribution >= 4 is 17.3 Å². The molecule has 3 heteroatoms. The number of aliphatic hydroxyl groups is 1. The van der Waals surface area contributed by atoms with Crippen LogP contribution in [-0.4, -0.2) is 24.8 Å². The highest BCUT2D eigenvalue weighted by Crippen LogP contribution is 2.30. The van der Waals surface area contributed by atoms with Gasteiger partial charge in [-0.3, -0.25) is 0 Å². The van der Waals surface area contributed by atoms with E-state index in [1.165, 1.54) is 24.1 Å². The molecule has 0 bridgehead atoms. The monoisotopic (exact) mass is 239 g/mol. The fraction of sp³-hybridized carbons (Fsp3) is 0.538. The average molecular weight is 240 g/mol. The Morgan fingerprint density at radius 1 is 1.25 bits per heavy atom. The Labute approximate surface area is 102 Å². The van der Waals surface area contributed by atoms with Crippen molar-refractivity contribution in [2.24, 2.45) is 0 Å². The number of nitrogens with zero attached hydrogens (tertiary/aromatic N) is 1. The summed E-state index contributed by atoms with van der Waals surface area (Å²) in [5.74, 6) is 0. The van der Waals surface area contributed by atoms with Crippen LogP contribution in [-0.2, 0) is 6.42 Å². The minimum Gasteiger partial charge on any atom is -0.396 e. The molecule has 1 aliphatic heterocycles. The third-order valence-corrected chi connectivity index (χ3v) is 3.48. The average Bonchev–Trinajstić information content (AvgIpc) is 2.80. The second kappa shape index (κ2) is 5.55. The predicted molar refractivity (Wildman–Crippen MR) is 68.3 cm³/mol. The van der Waals surface area contributed by atoms with E-state index < -0.39 is 0 Å². The maximum Gasteiger partial charge on any atom is 0.0458 e. The Morgan fingerprint density at radius 3 is 2.69 bits per heavy atom. The van der Waals surface area contributed by atoms with Crippen LogP contribution < -0.4 is 4.90 Å². The van der Waals surface area contributed by atoms with Crippen LogP contribution in [0.2, 0.25) is 5.02 Å². The summed E-state index contributed by atoms with van der Waals surface area (Å²) in [4.78, 5) is 2.40. The van der Waals surface area contributed by atoms with Gasteiger partial charge in [-0.1, -0.05) is 17.7 Å². The Bertz CT molecular complexity index is 348. The molecular formula is C13H18ClNO. The Hall–Kier alpha value is -0.730. The van der Waals surface area contributed by atoms with Crippen molar-refractivity contribution in [3.05, 3.63) is 28.8 Å². The molecule has 0 unspecified atom stereocenters. The molecule has 0 saturated carbocycles. The van der Waals surface area contributed by atoms with E-state index in [9.17, 15) is 0 Å². The van der Waals surface area contributed by atoms with E-state index >= 15 is 0 Å². The van der Waals surface area contributed by atoms with Crippen LogP contribution >= 0.6 is 11.6 Å². The van der Waals surface area contributed by atoms with Gasteiger partial charge in [0.15, 0.2) is 0 Å². The number of anilines is 1. The van der Waals surface area contributed by atoms with Gasteiger partial charge in [-0.05, 0) is 43.4 Å². The van der Waals surface area contributed by atoms with Gasteiger partial charge in [-0.2, -0.15) is 0 Å². The molecule has 1 aliphatic rings. The van der Waals surface area contributed by atoms with Gasteiger partial charge in [0.2, 0.25) is 0 Å². The quantitative estimate of drug-likeness (QED) is 0.874. The maximum absolute atomic E-state index is 8.92. The molecule has 0 spiro atoms. The molecule has 1 aromatic carbocycles. The first-order valence-corrected chi connectivity index (χ1v) is 6.34. The van der Waals surface area contributed by atoms with Crippen LogP contribution in [0.1, 0.15) is 24.8 Å². The number of benzene rings is 1. The summed E-state index contributed by atoms with van der Waals surface area (Å²) in [5, 5.41) is 9.75. The summed E-state index contributed by atoms with van der Waals surface area (Å²) in [7, 11) is 0. The van der Waals surface area contributed by atoms with Gasteiger partial charge in [0.1, 0.15) is 0 Å². The molecule has 0 aromatic heterocycles. The van der Waals surface area contributed by atoms with Gasteiger partial charge >= 0.3 is 0 Å². The summed E-state index contributed by atoms with van der Waals surface area (Å²) in [6.07, 6.45) is 4.19. The Balaban J connectivity index is 2.24. The fourth-order valence-electron chi connectivity index (χ4n) is 2.30. The first-order chi connectivity index (χ1) is 7.83. The zero-order valence-corrected chi connectivity index (χ0v) is 10.2. The molecule has 2 nitrogen and oxygen atoms in total. The molecule has 1 saturated heterocycles. The maximum atomic E-state index is 8.92. The van der Waals surface area contributed by atoms with Gasteiger partial charge in [0.25, 0.3) is 0 Å². The van der Waals surface area contributed by atoms with Gasteiger partial charge in [0.05, 0.1) is 0 Å². The zero-order valence-electron chi connectivity index (χ0n) is 9.45. The topological polar surface area (TPSA) is 23.5 Å². The van der Waals surface area contributed by atoms with E-state index in [0.717, 1.165) is 31.0 Å². The normalized spacial score (nSPS) is 15.8. The van der Waals surface area contributed by atoms with E-state index in [1.807, 2.05) is 12.1 Å². The Morgan fingerprint density at radius 2 is 2.00 bits per heavy atom. The molecule has 1 fully saturated rings. The lowest BCUT2D eigenvalue weighted by atomic mass is 10.1. The van der Waals surface area contributed by atoms with Crippen LogP contribution in [0.4, 0.5) is 5.69 Å². The van der Waals surface area contributed by atoms with Crippen LogP contribution in [0.5, 0.6) is 0 Å². The minimum atomic E-state index is 0.227. The number of hydrogen-bond donors (Lipinski definition) is 1. The van der Waals surface area contributed by atoms with E-state index in [2.05, 4.69) is 11.0 Å². The molecule has 1 heterocycles. The SMILES string of the molecule is OCCCc1c(Cl)cccc1N1CCCC1. The molecule has 0 aliphatic carbocycles. The fourth-order valence-corrected chi connectivity index (χ4v) is 2.57. The predicted octanol–water partition coefficient (Wildman–Crippen LogP) is 2.87. The van der Waals surface area contributed by atoms with Crippen LogP contribution in [0.25, 0.3) is 0 Å². The molecule has 2 rings (SSSR count). The molecule has 0 radical (unpaired) electrons. The summed E-state index contributed by atoms with van der Waals surface area (Å²) >= 11 is 6.24. The first kappa shape index (κ1) is 11.7. The summed E-state index contributed by atoms with van der Waals surface area (Å²) in [6, 6.07) is 6.09. The smallest absolute Gasteiger partial charge is 0.0458 e. The zero-order chi connectivity index (χ0) is 11.4. The van der Waals surface area contributed by atoms with Crippen molar-refractivity contribution in [3.63, 3.8) is 0 Å². The van der Waals surface area contributed by atoms with Crippen molar-refractivity contribution in [2.45, 2.75) is 25.7 Å². The van der Waals surface area contributed by atoms with E-state index in [1.54, 1.807) is 0 Å². The standard InChI is InChI=1S/C13H18ClNO/c14-12-6-3-7-13(11(12)5-4-10-16)15-8-1-2-9-15/h3,6-7,16H,1-2,4-5,8-10H2. The second-order valence-electron chi connectivity index (χ2n) is 4.26. The van der Waals surface area contributed by atoms with Gasteiger partial charge in [-0.25, -0.2) is 0 Å². The highest BCUT2D eigenvalue weighted by molar-refractivity contribution is 6.31. The lowest BCUT2D eigenvalue weighted by molar-refractivity contribution is 0.288. The number of halogens is 1. The molecule has 88 valence electrons. The number of aliphatic hydroxyl groups excluding tert-OH is 1. The van der Waals surface area contributed by atoms with Crippen molar-refractivity contribution in [2.75, 3.05) is 24.6 Å². The highest BCUT2D eigenvalue weighted by Gasteiger charge is 2.16. The first-order valence-electron chi connectivity index (χ1n) is 5.96. The van der Waals surface area contributed by atoms with E-state index in [-0.39, 0.29) is 6.61 Å². The van der Waals surface area contributed by atoms with Crippen molar-refractivity contribution in [1.29, 1.82) is 0 Å². The van der Waals surface area contributed by atoms with Crippen molar-refractivity contribution in [1.82, 2.24) is 0 Å². The van der Waals surface area contributed by atoms with Crippen LogP contribution in [0, 0.1) is 0 Å².